The van der Waals surface area contributed by atoms with Gasteiger partial charge in [0.25, 0.3) is 0 Å². The van der Waals surface area contributed by atoms with E-state index in [1.165, 1.54) is 0 Å². The van der Waals surface area contributed by atoms with Crippen molar-refractivity contribution in [1.82, 2.24) is 10.2 Å². The Labute approximate surface area is 178 Å². The topological polar surface area (TPSA) is 92.0 Å². The molecule has 30 heavy (non-hydrogen) atoms. The number of aliphatic hydroxyl groups excluding tert-OH is 1. The number of carbonyl (C=O) groups excluding carboxylic acids is 1. The molecule has 3 rings (SSSR count). The number of likely N-dealkylation sites (tertiary alicyclic amines) is 1. The zero-order chi connectivity index (χ0) is 21.7. The van der Waals surface area contributed by atoms with E-state index >= 15 is 0 Å². The van der Waals surface area contributed by atoms with Crippen molar-refractivity contribution >= 4 is 23.5 Å². The first kappa shape index (κ1) is 22.0. The first-order valence-electron chi connectivity index (χ1n) is 10.5. The van der Waals surface area contributed by atoms with Gasteiger partial charge < -0.3 is 15.3 Å². The summed E-state index contributed by atoms with van der Waals surface area (Å²) in [6.45, 7) is 9.22. The molecule has 2 saturated heterocycles. The molecule has 0 saturated carbocycles. The van der Waals surface area contributed by atoms with Crippen molar-refractivity contribution < 1.29 is 9.90 Å². The van der Waals surface area contributed by atoms with Gasteiger partial charge in [-0.3, -0.25) is 14.7 Å². The van der Waals surface area contributed by atoms with Gasteiger partial charge in [0.1, 0.15) is 6.07 Å². The molecule has 0 aromatic heterocycles. The summed E-state index contributed by atoms with van der Waals surface area (Å²) in [5, 5.41) is 22.0. The Morgan fingerprint density at radius 3 is 2.80 bits per heavy atom. The molecule has 1 aromatic carbocycles. The zero-order valence-corrected chi connectivity index (χ0v) is 18.0. The molecule has 2 fully saturated rings. The lowest BCUT2D eigenvalue weighted by molar-refractivity contribution is -0.125. The number of nitriles is 1. The maximum Gasteiger partial charge on any atom is 0.234 e. The molecule has 0 radical (unpaired) electrons. The average Bonchev–Trinajstić information content (AvgIpc) is 2.67. The maximum atomic E-state index is 12.4. The lowest BCUT2D eigenvalue weighted by Crippen LogP contribution is -2.56. The van der Waals surface area contributed by atoms with Gasteiger partial charge >= 0.3 is 0 Å². The molecular weight excluding hydrogens is 378 g/mol. The van der Waals surface area contributed by atoms with E-state index in [0.29, 0.717) is 36.8 Å². The lowest BCUT2D eigenvalue weighted by atomic mass is 9.94. The summed E-state index contributed by atoms with van der Waals surface area (Å²) >= 11 is 0. The first-order chi connectivity index (χ1) is 14.4. The molecule has 7 nitrogen and oxygen atoms in total. The highest BCUT2D eigenvalue weighted by Crippen LogP contribution is 2.34. The molecule has 1 aromatic rings. The SMILES string of the molecule is C/C=C/C=Nc1c(C#N)ccc(N2C[C@@H](C)C[C@@H](NC(=O)CN3CC(O)C3)C2)c1C. The Morgan fingerprint density at radius 1 is 1.37 bits per heavy atom. The fourth-order valence-electron chi connectivity index (χ4n) is 4.29. The number of aliphatic imine (C=N–C) groups is 1. The Balaban J connectivity index is 1.73. The number of hydrogen-bond acceptors (Lipinski definition) is 6. The van der Waals surface area contributed by atoms with Gasteiger partial charge in [0, 0.05) is 44.1 Å². The second-order valence-corrected chi connectivity index (χ2v) is 8.38. The van der Waals surface area contributed by atoms with Crippen molar-refractivity contribution in [1.29, 1.82) is 5.26 Å². The van der Waals surface area contributed by atoms with E-state index in [9.17, 15) is 15.2 Å². The number of piperidine rings is 1. The van der Waals surface area contributed by atoms with Crippen LogP contribution in [0.3, 0.4) is 0 Å². The summed E-state index contributed by atoms with van der Waals surface area (Å²) < 4.78 is 0. The molecular formula is C23H31N5O2. The molecule has 0 spiro atoms. The molecule has 7 heteroatoms. The number of allylic oxidation sites excluding steroid dienone is 2. The van der Waals surface area contributed by atoms with Gasteiger partial charge in [0.05, 0.1) is 23.9 Å². The third kappa shape index (κ3) is 5.26. The maximum absolute atomic E-state index is 12.4. The summed E-state index contributed by atoms with van der Waals surface area (Å²) in [6, 6.07) is 6.11. The van der Waals surface area contributed by atoms with Crippen molar-refractivity contribution in [3.63, 3.8) is 0 Å². The molecule has 2 aliphatic heterocycles. The molecule has 1 amide bonds. The van der Waals surface area contributed by atoms with Gasteiger partial charge in [-0.2, -0.15) is 5.26 Å². The number of aliphatic hydroxyl groups is 1. The largest absolute Gasteiger partial charge is 0.390 e. The van der Waals surface area contributed by atoms with Crippen LogP contribution >= 0.6 is 0 Å². The molecule has 160 valence electrons. The fourth-order valence-corrected chi connectivity index (χ4v) is 4.29. The van der Waals surface area contributed by atoms with Crippen LogP contribution < -0.4 is 10.2 Å². The Bertz CT molecular complexity index is 867. The van der Waals surface area contributed by atoms with Crippen LogP contribution in [0.2, 0.25) is 0 Å². The summed E-state index contributed by atoms with van der Waals surface area (Å²) in [6.07, 6.45) is 6.09. The predicted molar refractivity (Wildman–Crippen MR) is 119 cm³/mol. The number of carbonyl (C=O) groups is 1. The van der Waals surface area contributed by atoms with Crippen molar-refractivity contribution in [2.24, 2.45) is 10.9 Å². The number of amides is 1. The second kappa shape index (κ2) is 9.88. The number of benzene rings is 1. The van der Waals surface area contributed by atoms with Crippen LogP contribution in [0.4, 0.5) is 11.4 Å². The standard InChI is InChI=1S/C23H31N5O2/c1-4-5-8-25-23-17(3)21(7-6-18(23)10-24)28-11-16(2)9-19(12-28)26-22(30)15-27-13-20(29)14-27/h4-8,16,19-20,29H,9,11-15H2,1-3H3,(H,26,30)/b5-4+,25-8?/t16-,19+/m0/s1. The van der Waals surface area contributed by atoms with Crippen molar-refractivity contribution in [2.45, 2.75) is 39.3 Å². The van der Waals surface area contributed by atoms with Gasteiger partial charge in [-0.1, -0.05) is 13.0 Å². The van der Waals surface area contributed by atoms with E-state index in [-0.39, 0.29) is 18.1 Å². The number of hydrogen-bond donors (Lipinski definition) is 2. The summed E-state index contributed by atoms with van der Waals surface area (Å²) in [5.41, 5.74) is 3.29. The van der Waals surface area contributed by atoms with E-state index in [1.807, 2.05) is 43.0 Å². The molecule has 2 N–H and O–H groups in total. The van der Waals surface area contributed by atoms with Crippen LogP contribution in [0.25, 0.3) is 0 Å². The Morgan fingerprint density at radius 2 is 2.13 bits per heavy atom. The van der Waals surface area contributed by atoms with Crippen molar-refractivity contribution in [2.75, 3.05) is 37.6 Å². The number of β-amino-alcohol motifs (C(OH)–C–C–N with tert-alkyl or cyclic N) is 1. The number of anilines is 1. The van der Waals surface area contributed by atoms with E-state index < -0.39 is 0 Å². The zero-order valence-electron chi connectivity index (χ0n) is 18.0. The van der Waals surface area contributed by atoms with Crippen LogP contribution in [0.1, 0.15) is 31.4 Å². The van der Waals surface area contributed by atoms with Gasteiger partial charge in [-0.15, -0.1) is 0 Å². The lowest BCUT2D eigenvalue weighted by Gasteiger charge is -2.40. The minimum absolute atomic E-state index is 0.00847. The Hall–Kier alpha value is -2.69. The molecule has 0 aliphatic carbocycles. The minimum Gasteiger partial charge on any atom is -0.390 e. The summed E-state index contributed by atoms with van der Waals surface area (Å²) in [4.78, 5) is 21.2. The average molecular weight is 410 g/mol. The first-order valence-corrected chi connectivity index (χ1v) is 10.5. The van der Waals surface area contributed by atoms with Gasteiger partial charge in [0.2, 0.25) is 5.91 Å². The third-order valence-corrected chi connectivity index (χ3v) is 5.68. The molecule has 2 heterocycles. The monoisotopic (exact) mass is 409 g/mol. The molecule has 0 unspecified atom stereocenters. The van der Waals surface area contributed by atoms with Gasteiger partial charge in [0.15, 0.2) is 0 Å². The number of rotatable bonds is 6. The number of nitrogens with zero attached hydrogens (tertiary/aromatic N) is 4. The van der Waals surface area contributed by atoms with Gasteiger partial charge in [-0.25, -0.2) is 0 Å². The molecule has 2 aliphatic rings. The van der Waals surface area contributed by atoms with Crippen LogP contribution in [-0.2, 0) is 4.79 Å². The van der Waals surface area contributed by atoms with E-state index in [0.717, 1.165) is 30.8 Å². The molecule has 2 atom stereocenters. The highest BCUT2D eigenvalue weighted by Gasteiger charge is 2.30. The van der Waals surface area contributed by atoms with E-state index in [2.05, 4.69) is 28.2 Å². The summed E-state index contributed by atoms with van der Waals surface area (Å²) in [5.74, 6) is 0.439. The fraction of sp³-hybridized carbons (Fsp3) is 0.522. The highest BCUT2D eigenvalue weighted by atomic mass is 16.3. The van der Waals surface area contributed by atoms with Crippen LogP contribution in [0, 0.1) is 24.2 Å². The van der Waals surface area contributed by atoms with E-state index in [4.69, 9.17) is 0 Å². The van der Waals surface area contributed by atoms with Crippen LogP contribution in [-0.4, -0.2) is 67.0 Å². The van der Waals surface area contributed by atoms with Crippen LogP contribution in [0.5, 0.6) is 0 Å². The number of nitrogens with one attached hydrogen (secondary N) is 1. The third-order valence-electron chi connectivity index (χ3n) is 5.68. The van der Waals surface area contributed by atoms with E-state index in [1.54, 1.807) is 6.21 Å². The molecule has 0 bridgehead atoms. The van der Waals surface area contributed by atoms with Crippen LogP contribution in [0.15, 0.2) is 29.3 Å². The highest BCUT2D eigenvalue weighted by molar-refractivity contribution is 5.80. The van der Waals surface area contributed by atoms with Gasteiger partial charge in [-0.05, 0) is 50.0 Å². The smallest absolute Gasteiger partial charge is 0.234 e. The second-order valence-electron chi connectivity index (χ2n) is 8.38. The Kier molecular flexibility index (Phi) is 7.24. The van der Waals surface area contributed by atoms with Crippen molar-refractivity contribution in [3.8, 4) is 6.07 Å². The van der Waals surface area contributed by atoms with Crippen molar-refractivity contribution in [3.05, 3.63) is 35.4 Å². The predicted octanol–water partition coefficient (Wildman–Crippen LogP) is 2.15. The summed E-state index contributed by atoms with van der Waals surface area (Å²) in [7, 11) is 0. The minimum atomic E-state index is -0.299. The normalized spacial score (nSPS) is 23.0. The quantitative estimate of drug-likeness (QED) is 0.703.